The average molecular weight is 228 g/mol. The van der Waals surface area contributed by atoms with Crippen molar-refractivity contribution in [1.29, 1.82) is 0 Å². The molecule has 1 heterocycles. The zero-order chi connectivity index (χ0) is 12.3. The van der Waals surface area contributed by atoms with Crippen LogP contribution in [-0.4, -0.2) is 11.5 Å². The summed E-state index contributed by atoms with van der Waals surface area (Å²) in [6.45, 7) is 4.96. The van der Waals surface area contributed by atoms with Gasteiger partial charge in [-0.15, -0.1) is 0 Å². The smallest absolute Gasteiger partial charge is 0.0459 e. The summed E-state index contributed by atoms with van der Waals surface area (Å²) >= 11 is 0. The van der Waals surface area contributed by atoms with Crippen LogP contribution in [0.4, 0.5) is 0 Å². The number of benzene rings is 1. The molecule has 0 aliphatic heterocycles. The number of hydrogen-bond donors (Lipinski definition) is 2. The lowest BCUT2D eigenvalue weighted by molar-refractivity contribution is 0.976. The fourth-order valence-electron chi connectivity index (χ4n) is 2.04. The molecule has 0 saturated heterocycles. The first-order valence-corrected chi connectivity index (χ1v) is 6.13. The van der Waals surface area contributed by atoms with Gasteiger partial charge in [0, 0.05) is 17.1 Å². The molecule has 2 heteroatoms. The molecule has 1 aromatic carbocycles. The summed E-state index contributed by atoms with van der Waals surface area (Å²) < 4.78 is 0. The topological polar surface area (TPSA) is 41.8 Å². The Labute approximate surface area is 103 Å². The van der Waals surface area contributed by atoms with Gasteiger partial charge in [-0.05, 0) is 50.4 Å². The third-order valence-electron chi connectivity index (χ3n) is 2.99. The van der Waals surface area contributed by atoms with Gasteiger partial charge in [-0.25, -0.2) is 0 Å². The molecule has 90 valence electrons. The highest BCUT2D eigenvalue weighted by Gasteiger charge is 2.03. The van der Waals surface area contributed by atoms with Crippen molar-refractivity contribution in [3.8, 4) is 0 Å². The summed E-state index contributed by atoms with van der Waals surface area (Å²) in [7, 11) is 0. The molecule has 0 aliphatic carbocycles. The van der Waals surface area contributed by atoms with Crippen molar-refractivity contribution in [3.63, 3.8) is 0 Å². The van der Waals surface area contributed by atoms with E-state index in [0.717, 1.165) is 12.8 Å². The molecule has 17 heavy (non-hydrogen) atoms. The van der Waals surface area contributed by atoms with Crippen LogP contribution in [-0.2, 0) is 12.8 Å². The van der Waals surface area contributed by atoms with E-state index in [1.165, 1.54) is 27.6 Å². The van der Waals surface area contributed by atoms with Gasteiger partial charge in [0.2, 0.25) is 0 Å². The number of fused-ring (bicyclic) bond motifs is 1. The Balaban J connectivity index is 2.29. The van der Waals surface area contributed by atoms with Gasteiger partial charge in [-0.3, -0.25) is 0 Å². The highest BCUT2D eigenvalue weighted by molar-refractivity contribution is 5.83. The van der Waals surface area contributed by atoms with Gasteiger partial charge in [-0.1, -0.05) is 23.8 Å². The molecule has 1 aromatic heterocycles. The number of rotatable bonds is 4. The quantitative estimate of drug-likeness (QED) is 0.775. The molecular weight excluding hydrogens is 208 g/mol. The Hall–Kier alpha value is -1.54. The summed E-state index contributed by atoms with van der Waals surface area (Å²) in [4.78, 5) is 3.32. The lowest BCUT2D eigenvalue weighted by Gasteiger charge is -2.00. The molecule has 0 aliphatic rings. The second-order valence-electron chi connectivity index (χ2n) is 4.72. The van der Waals surface area contributed by atoms with Crippen LogP contribution in [0.3, 0.4) is 0 Å². The van der Waals surface area contributed by atoms with Crippen LogP contribution in [0, 0.1) is 0 Å². The van der Waals surface area contributed by atoms with Crippen LogP contribution >= 0.6 is 0 Å². The monoisotopic (exact) mass is 228 g/mol. The van der Waals surface area contributed by atoms with E-state index in [9.17, 15) is 0 Å². The Morgan fingerprint density at radius 3 is 2.88 bits per heavy atom. The summed E-state index contributed by atoms with van der Waals surface area (Å²) in [5, 5.41) is 1.30. The molecule has 3 N–H and O–H groups in total. The molecule has 0 saturated carbocycles. The van der Waals surface area contributed by atoms with Crippen LogP contribution < -0.4 is 5.73 Å². The molecule has 2 aromatic rings. The highest BCUT2D eigenvalue weighted by Crippen LogP contribution is 2.20. The standard InChI is InChI=1S/C15H20N2/c1-11(2)3-4-12-5-6-14-13(7-8-16)10-17-15(14)9-12/h3,5-6,9-10,17H,4,7-8,16H2,1-2H3. The van der Waals surface area contributed by atoms with Crippen LogP contribution in [0.1, 0.15) is 25.0 Å². The molecule has 0 amide bonds. The summed E-state index contributed by atoms with van der Waals surface area (Å²) in [5.74, 6) is 0. The van der Waals surface area contributed by atoms with Gasteiger partial charge in [0.25, 0.3) is 0 Å². The summed E-state index contributed by atoms with van der Waals surface area (Å²) in [5.41, 5.74) is 10.8. The van der Waals surface area contributed by atoms with Crippen molar-refractivity contribution in [2.45, 2.75) is 26.7 Å². The lowest BCUT2D eigenvalue weighted by Crippen LogP contribution is -2.01. The van der Waals surface area contributed by atoms with E-state index >= 15 is 0 Å². The molecule has 0 fully saturated rings. The van der Waals surface area contributed by atoms with Crippen LogP contribution in [0.25, 0.3) is 10.9 Å². The van der Waals surface area contributed by atoms with E-state index in [1.54, 1.807) is 0 Å². The van der Waals surface area contributed by atoms with Crippen LogP contribution in [0.2, 0.25) is 0 Å². The Morgan fingerprint density at radius 1 is 1.35 bits per heavy atom. The van der Waals surface area contributed by atoms with Gasteiger partial charge < -0.3 is 10.7 Å². The maximum Gasteiger partial charge on any atom is 0.0459 e. The number of H-pyrrole nitrogens is 1. The number of aromatic nitrogens is 1. The lowest BCUT2D eigenvalue weighted by atomic mass is 10.1. The maximum absolute atomic E-state index is 5.60. The minimum absolute atomic E-state index is 0.701. The number of nitrogens with two attached hydrogens (primary N) is 1. The SMILES string of the molecule is CC(C)=CCc1ccc2c(CCN)c[nH]c2c1. The normalized spacial score (nSPS) is 10.8. The van der Waals surface area contributed by atoms with Gasteiger partial charge in [-0.2, -0.15) is 0 Å². The first-order chi connectivity index (χ1) is 8.20. The molecule has 0 unspecified atom stereocenters. The van der Waals surface area contributed by atoms with Gasteiger partial charge in [0.15, 0.2) is 0 Å². The first-order valence-electron chi connectivity index (χ1n) is 6.13. The summed E-state index contributed by atoms with van der Waals surface area (Å²) in [6, 6.07) is 6.63. The number of hydrogen-bond acceptors (Lipinski definition) is 1. The van der Waals surface area contributed by atoms with E-state index in [2.05, 4.69) is 49.3 Å². The minimum atomic E-state index is 0.701. The van der Waals surface area contributed by atoms with Crippen LogP contribution in [0.5, 0.6) is 0 Å². The zero-order valence-electron chi connectivity index (χ0n) is 10.6. The van der Waals surface area contributed by atoms with E-state index < -0.39 is 0 Å². The number of nitrogens with one attached hydrogen (secondary N) is 1. The maximum atomic E-state index is 5.60. The predicted molar refractivity (Wildman–Crippen MR) is 74.2 cm³/mol. The van der Waals surface area contributed by atoms with E-state index in [4.69, 9.17) is 5.73 Å². The Kier molecular flexibility index (Phi) is 3.64. The van der Waals surface area contributed by atoms with Crippen molar-refractivity contribution in [3.05, 3.63) is 47.2 Å². The largest absolute Gasteiger partial charge is 0.361 e. The summed E-state index contributed by atoms with van der Waals surface area (Å²) in [6.07, 6.45) is 6.27. The Bertz CT molecular complexity index is 531. The second-order valence-corrected chi connectivity index (χ2v) is 4.72. The molecule has 0 bridgehead atoms. The molecule has 2 rings (SSSR count). The first kappa shape index (κ1) is 11.9. The average Bonchev–Trinajstić information content (AvgIpc) is 2.70. The van der Waals surface area contributed by atoms with E-state index in [-0.39, 0.29) is 0 Å². The van der Waals surface area contributed by atoms with Gasteiger partial charge in [0.05, 0.1) is 0 Å². The molecule has 2 nitrogen and oxygen atoms in total. The van der Waals surface area contributed by atoms with E-state index in [0.29, 0.717) is 6.54 Å². The van der Waals surface area contributed by atoms with Crippen molar-refractivity contribution < 1.29 is 0 Å². The molecular formula is C15H20N2. The highest BCUT2D eigenvalue weighted by atomic mass is 14.7. The molecule has 0 spiro atoms. The molecule has 0 atom stereocenters. The fourth-order valence-corrected chi connectivity index (χ4v) is 2.04. The third-order valence-corrected chi connectivity index (χ3v) is 2.99. The van der Waals surface area contributed by atoms with Gasteiger partial charge in [0.1, 0.15) is 0 Å². The zero-order valence-corrected chi connectivity index (χ0v) is 10.6. The molecule has 0 radical (unpaired) electrons. The number of allylic oxidation sites excluding steroid dienone is 2. The predicted octanol–water partition coefficient (Wildman–Crippen LogP) is 3.18. The van der Waals surface area contributed by atoms with Gasteiger partial charge >= 0.3 is 0 Å². The number of aromatic amines is 1. The second kappa shape index (κ2) is 5.19. The van der Waals surface area contributed by atoms with E-state index in [1.807, 2.05) is 0 Å². The van der Waals surface area contributed by atoms with Crippen LogP contribution in [0.15, 0.2) is 36.0 Å². The minimum Gasteiger partial charge on any atom is -0.361 e. The van der Waals surface area contributed by atoms with Crippen molar-refractivity contribution in [2.75, 3.05) is 6.54 Å². The fraction of sp³-hybridized carbons (Fsp3) is 0.333. The third kappa shape index (κ3) is 2.77. The van der Waals surface area contributed by atoms with Crippen molar-refractivity contribution in [1.82, 2.24) is 4.98 Å². The van der Waals surface area contributed by atoms with Crippen molar-refractivity contribution in [2.24, 2.45) is 5.73 Å². The van der Waals surface area contributed by atoms with Crippen molar-refractivity contribution >= 4 is 10.9 Å². The Morgan fingerprint density at radius 2 is 2.18 bits per heavy atom.